The maximum absolute atomic E-state index is 6.00. The zero-order chi connectivity index (χ0) is 13.5. The largest absolute Gasteiger partial charge is 0.374 e. The molecule has 2 rings (SSSR count). The molecule has 1 saturated carbocycles. The third kappa shape index (κ3) is 4.96. The molecule has 1 aliphatic rings. The lowest BCUT2D eigenvalue weighted by Gasteiger charge is -2.22. The maximum Gasteiger partial charge on any atom is 0.158 e. The predicted molar refractivity (Wildman–Crippen MR) is 77.4 cm³/mol. The minimum atomic E-state index is 0.412. The van der Waals surface area contributed by atoms with Crippen LogP contribution < -0.4 is 5.32 Å². The Morgan fingerprint density at radius 2 is 2.11 bits per heavy atom. The fourth-order valence-electron chi connectivity index (χ4n) is 2.45. The minimum absolute atomic E-state index is 0.412. The van der Waals surface area contributed by atoms with Crippen molar-refractivity contribution >= 4 is 17.4 Å². The summed E-state index contributed by atoms with van der Waals surface area (Å²) in [6.45, 7) is 3.99. The van der Waals surface area contributed by atoms with Crippen LogP contribution in [0, 0.1) is 5.92 Å². The fourth-order valence-corrected chi connectivity index (χ4v) is 2.65. The van der Waals surface area contributed by atoms with Crippen LogP contribution in [0.15, 0.2) is 6.07 Å². The van der Waals surface area contributed by atoms with Crippen LogP contribution in [0.25, 0.3) is 0 Å². The number of ether oxygens (including phenoxy) is 1. The lowest BCUT2D eigenvalue weighted by molar-refractivity contribution is 0.128. The Hall–Kier alpha value is -0.870. The van der Waals surface area contributed by atoms with Gasteiger partial charge in [0.1, 0.15) is 17.6 Å². The van der Waals surface area contributed by atoms with Gasteiger partial charge in [-0.05, 0) is 25.7 Å². The molecule has 4 nitrogen and oxygen atoms in total. The third-order valence-corrected chi connectivity index (χ3v) is 3.67. The molecule has 0 aromatic carbocycles. The average Bonchev–Trinajstić information content (AvgIpc) is 2.43. The van der Waals surface area contributed by atoms with E-state index in [0.29, 0.717) is 24.2 Å². The molecule has 0 bridgehead atoms. The van der Waals surface area contributed by atoms with Crippen LogP contribution in [0.5, 0.6) is 0 Å². The minimum Gasteiger partial charge on any atom is -0.374 e. The van der Waals surface area contributed by atoms with E-state index in [1.165, 1.54) is 32.1 Å². The van der Waals surface area contributed by atoms with Gasteiger partial charge in [0.2, 0.25) is 0 Å². The van der Waals surface area contributed by atoms with Gasteiger partial charge in [-0.25, -0.2) is 9.97 Å². The predicted octanol–water partition coefficient (Wildman–Crippen LogP) is 3.66. The molecule has 0 atom stereocenters. The van der Waals surface area contributed by atoms with Gasteiger partial charge in [0.05, 0.1) is 0 Å². The van der Waals surface area contributed by atoms with Gasteiger partial charge in [0.25, 0.3) is 0 Å². The first-order valence-corrected chi connectivity index (χ1v) is 7.51. The number of hydrogen-bond donors (Lipinski definition) is 1. The van der Waals surface area contributed by atoms with Crippen molar-refractivity contribution in [2.24, 2.45) is 5.92 Å². The molecule has 1 heterocycles. The second-order valence-corrected chi connectivity index (χ2v) is 5.40. The molecule has 1 aliphatic carbocycles. The van der Waals surface area contributed by atoms with Crippen LogP contribution in [-0.2, 0) is 11.3 Å². The quantitative estimate of drug-likeness (QED) is 0.810. The highest BCUT2D eigenvalue weighted by Crippen LogP contribution is 2.24. The summed E-state index contributed by atoms with van der Waals surface area (Å²) in [5.74, 6) is 2.21. The van der Waals surface area contributed by atoms with E-state index in [4.69, 9.17) is 16.3 Å². The maximum atomic E-state index is 6.00. The molecule has 0 amide bonds. The summed E-state index contributed by atoms with van der Waals surface area (Å²) >= 11 is 6.00. The number of aromatic nitrogens is 2. The highest BCUT2D eigenvalue weighted by molar-refractivity contribution is 6.29. The lowest BCUT2D eigenvalue weighted by Crippen LogP contribution is -2.18. The van der Waals surface area contributed by atoms with E-state index in [2.05, 4.69) is 15.3 Å². The van der Waals surface area contributed by atoms with E-state index in [-0.39, 0.29) is 0 Å². The molecule has 1 aromatic heterocycles. The Morgan fingerprint density at radius 3 is 2.84 bits per heavy atom. The van der Waals surface area contributed by atoms with Crippen LogP contribution in [0.1, 0.15) is 44.9 Å². The normalized spacial score (nSPS) is 16.5. The summed E-state index contributed by atoms with van der Waals surface area (Å²) in [7, 11) is 0. The molecule has 0 aliphatic heterocycles. The van der Waals surface area contributed by atoms with E-state index in [0.717, 1.165) is 18.3 Å². The average molecular weight is 284 g/mol. The Morgan fingerprint density at radius 1 is 1.32 bits per heavy atom. The topological polar surface area (TPSA) is 47.0 Å². The number of anilines is 1. The second kappa shape index (κ2) is 7.65. The number of rotatable bonds is 6. The van der Waals surface area contributed by atoms with Gasteiger partial charge in [0, 0.05) is 19.2 Å². The van der Waals surface area contributed by atoms with Crippen molar-refractivity contribution in [1.29, 1.82) is 0 Å². The van der Waals surface area contributed by atoms with E-state index in [1.54, 1.807) is 6.07 Å². The molecule has 1 aromatic rings. The first kappa shape index (κ1) is 14.5. The molecule has 0 unspecified atom stereocenters. The summed E-state index contributed by atoms with van der Waals surface area (Å²) in [6, 6.07) is 1.78. The molecule has 106 valence electrons. The van der Waals surface area contributed by atoms with Crippen LogP contribution >= 0.6 is 11.6 Å². The second-order valence-electron chi connectivity index (χ2n) is 5.01. The molecule has 1 N–H and O–H groups in total. The molecule has 0 saturated heterocycles. The van der Waals surface area contributed by atoms with Crippen LogP contribution in [0.3, 0.4) is 0 Å². The number of hydrogen-bond acceptors (Lipinski definition) is 4. The van der Waals surface area contributed by atoms with Crippen LogP contribution in [-0.4, -0.2) is 23.1 Å². The van der Waals surface area contributed by atoms with Gasteiger partial charge in [-0.2, -0.15) is 0 Å². The highest BCUT2D eigenvalue weighted by atomic mass is 35.5. The van der Waals surface area contributed by atoms with Crippen molar-refractivity contribution in [1.82, 2.24) is 9.97 Å². The standard InChI is InChI=1S/C14H22ClN3O/c1-2-19-10-14-17-12(15)8-13(18-14)16-9-11-6-4-3-5-7-11/h8,11H,2-7,9-10H2,1H3,(H,16,17,18). The van der Waals surface area contributed by atoms with Crippen LogP contribution in [0.2, 0.25) is 5.15 Å². The Kier molecular flexibility index (Phi) is 5.86. The van der Waals surface area contributed by atoms with Gasteiger partial charge < -0.3 is 10.1 Å². The Labute approximate surface area is 119 Å². The van der Waals surface area contributed by atoms with Crippen molar-refractivity contribution in [3.63, 3.8) is 0 Å². The summed E-state index contributed by atoms with van der Waals surface area (Å²) in [5.41, 5.74) is 0. The summed E-state index contributed by atoms with van der Waals surface area (Å²) < 4.78 is 5.31. The number of halogens is 1. The molecule has 0 spiro atoms. The molecule has 19 heavy (non-hydrogen) atoms. The zero-order valence-corrected chi connectivity index (χ0v) is 12.2. The van der Waals surface area contributed by atoms with Gasteiger partial charge in [-0.1, -0.05) is 30.9 Å². The van der Waals surface area contributed by atoms with Gasteiger partial charge >= 0.3 is 0 Å². The van der Waals surface area contributed by atoms with Crippen LogP contribution in [0.4, 0.5) is 5.82 Å². The van der Waals surface area contributed by atoms with E-state index in [1.807, 2.05) is 6.92 Å². The van der Waals surface area contributed by atoms with E-state index < -0.39 is 0 Å². The Balaban J connectivity index is 1.89. The SMILES string of the molecule is CCOCc1nc(Cl)cc(NCC2CCCCC2)n1. The number of nitrogens with zero attached hydrogens (tertiary/aromatic N) is 2. The number of nitrogens with one attached hydrogen (secondary N) is 1. The Bertz CT molecular complexity index is 394. The van der Waals surface area contributed by atoms with Crippen molar-refractivity contribution < 1.29 is 4.74 Å². The highest BCUT2D eigenvalue weighted by Gasteiger charge is 2.13. The lowest BCUT2D eigenvalue weighted by atomic mass is 9.89. The van der Waals surface area contributed by atoms with Crippen molar-refractivity contribution in [2.75, 3.05) is 18.5 Å². The molecule has 5 heteroatoms. The molecular weight excluding hydrogens is 262 g/mol. The van der Waals surface area contributed by atoms with Gasteiger partial charge in [-0.15, -0.1) is 0 Å². The molecule has 1 fully saturated rings. The summed E-state index contributed by atoms with van der Waals surface area (Å²) in [5, 5.41) is 3.85. The van der Waals surface area contributed by atoms with Gasteiger partial charge in [-0.3, -0.25) is 0 Å². The van der Waals surface area contributed by atoms with Crippen molar-refractivity contribution in [3.05, 3.63) is 17.0 Å². The smallest absolute Gasteiger partial charge is 0.158 e. The molecule has 0 radical (unpaired) electrons. The van der Waals surface area contributed by atoms with E-state index >= 15 is 0 Å². The van der Waals surface area contributed by atoms with Gasteiger partial charge in [0.15, 0.2) is 5.82 Å². The van der Waals surface area contributed by atoms with E-state index in [9.17, 15) is 0 Å². The molecular formula is C14H22ClN3O. The summed E-state index contributed by atoms with van der Waals surface area (Å²) in [6.07, 6.45) is 6.72. The monoisotopic (exact) mass is 283 g/mol. The third-order valence-electron chi connectivity index (χ3n) is 3.47. The van der Waals surface area contributed by atoms with Crippen molar-refractivity contribution in [3.8, 4) is 0 Å². The fraction of sp³-hybridized carbons (Fsp3) is 0.714. The zero-order valence-electron chi connectivity index (χ0n) is 11.5. The van der Waals surface area contributed by atoms with Crippen molar-refractivity contribution in [2.45, 2.75) is 45.6 Å². The summed E-state index contributed by atoms with van der Waals surface area (Å²) in [4.78, 5) is 8.58. The first-order chi connectivity index (χ1) is 9.28. The first-order valence-electron chi connectivity index (χ1n) is 7.13.